The van der Waals surface area contributed by atoms with Gasteiger partial charge in [0.05, 0.1) is 22.9 Å². The molecule has 2 fully saturated rings. The molecule has 2 aliphatic heterocycles. The molecule has 2 aliphatic rings. The van der Waals surface area contributed by atoms with Crippen LogP contribution < -0.4 is 0 Å². The average molecular weight is 409 g/mol. The van der Waals surface area contributed by atoms with Crippen LogP contribution in [0.4, 0.5) is 0 Å². The Hall–Kier alpha value is -3.00. The van der Waals surface area contributed by atoms with Crippen molar-refractivity contribution < 1.29 is 14.7 Å². The zero-order valence-electron chi connectivity index (χ0n) is 17.6. The third-order valence-electron chi connectivity index (χ3n) is 6.14. The smallest absolute Gasteiger partial charge is 0.295 e. The summed E-state index contributed by atoms with van der Waals surface area (Å²) < 4.78 is 1.66. The number of carbonyl (C=O) groups is 2. The van der Waals surface area contributed by atoms with E-state index in [4.69, 9.17) is 0 Å². The van der Waals surface area contributed by atoms with Gasteiger partial charge in [0.2, 0.25) is 0 Å². The number of carbonyl (C=O) groups excluding carboxylic acids is 2. The van der Waals surface area contributed by atoms with Gasteiger partial charge in [0, 0.05) is 38.2 Å². The van der Waals surface area contributed by atoms with Gasteiger partial charge in [0.1, 0.15) is 5.76 Å². The number of Topliss-reactive ketones (excluding diaryl/α,β-unsaturated/α-hetero) is 1. The highest BCUT2D eigenvalue weighted by atomic mass is 16.3. The van der Waals surface area contributed by atoms with Crippen LogP contribution in [0.1, 0.15) is 41.4 Å². The highest BCUT2D eigenvalue weighted by Gasteiger charge is 2.46. The lowest BCUT2D eigenvalue weighted by molar-refractivity contribution is -0.140. The van der Waals surface area contributed by atoms with Crippen LogP contribution in [0.15, 0.2) is 30.1 Å². The fourth-order valence-corrected chi connectivity index (χ4v) is 4.50. The molecule has 0 radical (unpaired) electrons. The van der Waals surface area contributed by atoms with Gasteiger partial charge >= 0.3 is 0 Å². The number of aliphatic hydroxyl groups is 1. The van der Waals surface area contributed by atoms with Gasteiger partial charge in [0.15, 0.2) is 0 Å². The second kappa shape index (κ2) is 8.02. The molecule has 0 aliphatic carbocycles. The van der Waals surface area contributed by atoms with Crippen molar-refractivity contribution in [3.8, 4) is 0 Å². The zero-order valence-corrected chi connectivity index (χ0v) is 17.6. The Morgan fingerprint density at radius 1 is 1.20 bits per heavy atom. The third-order valence-corrected chi connectivity index (χ3v) is 6.14. The van der Waals surface area contributed by atoms with Crippen LogP contribution in [-0.2, 0) is 16.6 Å². The van der Waals surface area contributed by atoms with E-state index in [2.05, 4.69) is 15.0 Å². The fourth-order valence-electron chi connectivity index (χ4n) is 4.50. The van der Waals surface area contributed by atoms with Crippen molar-refractivity contribution >= 4 is 17.4 Å². The maximum atomic E-state index is 13.1. The van der Waals surface area contributed by atoms with E-state index in [-0.39, 0.29) is 11.3 Å². The van der Waals surface area contributed by atoms with Gasteiger partial charge in [0.25, 0.3) is 11.7 Å². The Balaban J connectivity index is 1.79. The largest absolute Gasteiger partial charge is 0.507 e. The Labute approximate surface area is 175 Å². The van der Waals surface area contributed by atoms with Gasteiger partial charge < -0.3 is 14.9 Å². The highest BCUT2D eigenvalue weighted by molar-refractivity contribution is 6.46. The number of aliphatic hydroxyl groups excluding tert-OH is 1. The molecule has 2 aromatic heterocycles. The monoisotopic (exact) mass is 409 g/mol. The molecule has 0 aromatic carbocycles. The predicted octanol–water partition coefficient (Wildman–Crippen LogP) is 1.95. The Morgan fingerprint density at radius 3 is 2.53 bits per heavy atom. The molecule has 2 saturated heterocycles. The lowest BCUT2D eigenvalue weighted by atomic mass is 9.95. The van der Waals surface area contributed by atoms with Crippen molar-refractivity contribution in [2.75, 3.05) is 26.2 Å². The number of rotatable bonds is 5. The second-order valence-corrected chi connectivity index (χ2v) is 8.00. The van der Waals surface area contributed by atoms with E-state index in [1.807, 2.05) is 13.0 Å². The molecule has 0 spiro atoms. The molecule has 158 valence electrons. The molecule has 8 nitrogen and oxygen atoms in total. The van der Waals surface area contributed by atoms with E-state index in [0.29, 0.717) is 29.9 Å². The van der Waals surface area contributed by atoms with E-state index in [9.17, 15) is 14.7 Å². The topological polar surface area (TPSA) is 91.6 Å². The predicted molar refractivity (Wildman–Crippen MR) is 112 cm³/mol. The van der Waals surface area contributed by atoms with Gasteiger partial charge in [-0.25, -0.2) is 0 Å². The number of ketones is 1. The average Bonchev–Trinajstić information content (AvgIpc) is 3.40. The number of aryl methyl sites for hydroxylation is 2. The van der Waals surface area contributed by atoms with E-state index in [1.54, 1.807) is 42.0 Å². The Kier molecular flexibility index (Phi) is 5.42. The number of aromatic nitrogens is 3. The van der Waals surface area contributed by atoms with E-state index in [0.717, 1.165) is 31.6 Å². The van der Waals surface area contributed by atoms with Gasteiger partial charge in [-0.3, -0.25) is 19.3 Å². The molecule has 4 rings (SSSR count). The molecule has 0 bridgehead atoms. The van der Waals surface area contributed by atoms with Crippen LogP contribution in [0.25, 0.3) is 5.76 Å². The van der Waals surface area contributed by atoms with Crippen LogP contribution in [0, 0.1) is 13.8 Å². The van der Waals surface area contributed by atoms with Crippen molar-refractivity contribution in [2.24, 2.45) is 7.05 Å². The highest BCUT2D eigenvalue weighted by Crippen LogP contribution is 2.40. The Bertz CT molecular complexity index is 1010. The second-order valence-electron chi connectivity index (χ2n) is 8.00. The summed E-state index contributed by atoms with van der Waals surface area (Å²) >= 11 is 0. The number of hydrogen-bond acceptors (Lipinski definition) is 6. The molecule has 1 unspecified atom stereocenters. The van der Waals surface area contributed by atoms with E-state index in [1.165, 1.54) is 0 Å². The van der Waals surface area contributed by atoms with Crippen LogP contribution in [0.3, 0.4) is 0 Å². The van der Waals surface area contributed by atoms with Crippen molar-refractivity contribution in [1.82, 2.24) is 24.6 Å². The standard InChI is InChI=1S/C22H27N5O3/c1-14-17(15(2)25(3)24-14)20(28)18-19(16-7-6-8-23-13-16)27(22(30)21(18)29)12-11-26-9-4-5-10-26/h6-8,13,19,28H,4-5,9-12H2,1-3H3/b20-18+. The number of likely N-dealkylation sites (tertiary alicyclic amines) is 2. The lowest BCUT2D eigenvalue weighted by Gasteiger charge is -2.27. The first-order chi connectivity index (χ1) is 14.4. The van der Waals surface area contributed by atoms with Crippen molar-refractivity contribution in [3.63, 3.8) is 0 Å². The lowest BCUT2D eigenvalue weighted by Crippen LogP contribution is -2.37. The van der Waals surface area contributed by atoms with Crippen LogP contribution >= 0.6 is 0 Å². The number of hydrogen-bond donors (Lipinski definition) is 1. The number of amides is 1. The summed E-state index contributed by atoms with van der Waals surface area (Å²) in [5, 5.41) is 15.6. The minimum Gasteiger partial charge on any atom is -0.507 e. The Morgan fingerprint density at radius 2 is 1.93 bits per heavy atom. The fraction of sp³-hybridized carbons (Fsp3) is 0.455. The van der Waals surface area contributed by atoms with Crippen molar-refractivity contribution in [1.29, 1.82) is 0 Å². The van der Waals surface area contributed by atoms with Gasteiger partial charge in [-0.15, -0.1) is 0 Å². The van der Waals surface area contributed by atoms with E-state index >= 15 is 0 Å². The summed E-state index contributed by atoms with van der Waals surface area (Å²) in [7, 11) is 1.78. The summed E-state index contributed by atoms with van der Waals surface area (Å²) in [5.41, 5.74) is 2.66. The molecular weight excluding hydrogens is 382 g/mol. The SMILES string of the molecule is Cc1nn(C)c(C)c1/C(O)=C1\C(=O)C(=O)N(CCN2CCCC2)C1c1cccnc1. The normalized spacial score (nSPS) is 21.7. The number of pyridine rings is 1. The summed E-state index contributed by atoms with van der Waals surface area (Å²) in [6, 6.07) is 2.94. The minimum absolute atomic E-state index is 0.105. The van der Waals surface area contributed by atoms with Crippen LogP contribution in [0.2, 0.25) is 0 Å². The molecule has 30 heavy (non-hydrogen) atoms. The maximum absolute atomic E-state index is 13.1. The number of nitrogens with zero attached hydrogens (tertiary/aromatic N) is 5. The summed E-state index contributed by atoms with van der Waals surface area (Å²) in [6.45, 7) is 6.76. The summed E-state index contributed by atoms with van der Waals surface area (Å²) in [5.74, 6) is -1.41. The summed E-state index contributed by atoms with van der Waals surface area (Å²) in [4.78, 5) is 34.1. The van der Waals surface area contributed by atoms with Crippen molar-refractivity contribution in [3.05, 3.63) is 52.6 Å². The maximum Gasteiger partial charge on any atom is 0.295 e. The molecule has 2 aromatic rings. The molecule has 1 N–H and O–H groups in total. The molecule has 4 heterocycles. The molecule has 8 heteroatoms. The first-order valence-corrected chi connectivity index (χ1v) is 10.3. The van der Waals surface area contributed by atoms with Gasteiger partial charge in [-0.05, 0) is 51.4 Å². The quantitative estimate of drug-likeness (QED) is 0.461. The van der Waals surface area contributed by atoms with Crippen LogP contribution in [0.5, 0.6) is 0 Å². The first kappa shape index (κ1) is 20.3. The van der Waals surface area contributed by atoms with Crippen molar-refractivity contribution in [2.45, 2.75) is 32.7 Å². The minimum atomic E-state index is -0.666. The van der Waals surface area contributed by atoms with Gasteiger partial charge in [-0.1, -0.05) is 6.07 Å². The third kappa shape index (κ3) is 3.41. The van der Waals surface area contributed by atoms with Gasteiger partial charge in [-0.2, -0.15) is 5.10 Å². The van der Waals surface area contributed by atoms with E-state index < -0.39 is 17.7 Å². The first-order valence-electron chi connectivity index (χ1n) is 10.3. The summed E-state index contributed by atoms with van der Waals surface area (Å²) in [6.07, 6.45) is 5.61. The molecule has 0 saturated carbocycles. The molecule has 1 atom stereocenters. The van der Waals surface area contributed by atoms with Crippen LogP contribution in [-0.4, -0.2) is 67.5 Å². The molecule has 1 amide bonds. The zero-order chi connectivity index (χ0) is 21.4. The molecular formula is C22H27N5O3.